The number of rotatable bonds is 6. The van der Waals surface area contributed by atoms with Gasteiger partial charge >= 0.3 is 11.9 Å². The van der Waals surface area contributed by atoms with Gasteiger partial charge in [-0.25, -0.2) is 9.59 Å². The van der Waals surface area contributed by atoms with Crippen LogP contribution in [-0.2, 0) is 9.47 Å². The fraction of sp³-hybridized carbons (Fsp3) is 0.353. The highest BCUT2D eigenvalue weighted by Gasteiger charge is 2.18. The number of carbonyl (C=O) groups excluding carboxylic acids is 2. The first-order valence-electron chi connectivity index (χ1n) is 7.58. The smallest absolute Gasteiger partial charge is 0.341 e. The molecule has 0 spiro atoms. The number of aliphatic hydroxyl groups is 1. The molecule has 0 bridgehead atoms. The van der Waals surface area contributed by atoms with Crippen LogP contribution in [0.4, 0.5) is 5.69 Å². The monoisotopic (exact) mass is 332 g/mol. The largest absolute Gasteiger partial charge is 0.465 e. The standard InChI is InChI=1S/C17H20N2O5/c1-4-24-17(22)13-9-18-14-6-5-11(16(21)23-3)7-12(14)15(13)19-8-10(2)20/h5-7,9-10,20H,4,8H2,1-3H3,(H,18,19)/t10-/m0/s1. The van der Waals surface area contributed by atoms with Crippen molar-refractivity contribution in [3.63, 3.8) is 0 Å². The van der Waals surface area contributed by atoms with E-state index in [1.807, 2.05) is 0 Å². The molecule has 2 N–H and O–H groups in total. The third-order valence-electron chi connectivity index (χ3n) is 3.36. The molecule has 0 aliphatic rings. The second kappa shape index (κ2) is 7.74. The van der Waals surface area contributed by atoms with E-state index >= 15 is 0 Å². The van der Waals surface area contributed by atoms with Crippen molar-refractivity contribution in [2.75, 3.05) is 25.6 Å². The van der Waals surface area contributed by atoms with Crippen LogP contribution in [-0.4, -0.2) is 48.4 Å². The number of nitrogens with zero attached hydrogens (tertiary/aromatic N) is 1. The molecule has 1 aromatic carbocycles. The van der Waals surface area contributed by atoms with Crippen molar-refractivity contribution in [2.45, 2.75) is 20.0 Å². The summed E-state index contributed by atoms with van der Waals surface area (Å²) in [6.07, 6.45) is 0.801. The molecule has 2 aromatic rings. The average Bonchev–Trinajstić information content (AvgIpc) is 2.58. The lowest BCUT2D eigenvalue weighted by Gasteiger charge is -2.15. The molecule has 7 nitrogen and oxygen atoms in total. The van der Waals surface area contributed by atoms with Gasteiger partial charge in [0.25, 0.3) is 0 Å². The highest BCUT2D eigenvalue weighted by atomic mass is 16.5. The molecule has 0 aliphatic carbocycles. The summed E-state index contributed by atoms with van der Waals surface area (Å²) in [7, 11) is 1.30. The van der Waals surface area contributed by atoms with E-state index < -0.39 is 18.0 Å². The van der Waals surface area contributed by atoms with Crippen molar-refractivity contribution >= 4 is 28.5 Å². The molecule has 0 saturated carbocycles. The van der Waals surface area contributed by atoms with Gasteiger partial charge in [0.1, 0.15) is 5.56 Å². The van der Waals surface area contributed by atoms with Crippen molar-refractivity contribution in [1.82, 2.24) is 4.98 Å². The SMILES string of the molecule is CCOC(=O)c1cnc2ccc(C(=O)OC)cc2c1NC[C@H](C)O. The maximum Gasteiger partial charge on any atom is 0.341 e. The van der Waals surface area contributed by atoms with E-state index in [0.717, 1.165) is 0 Å². The number of hydrogen-bond acceptors (Lipinski definition) is 7. The summed E-state index contributed by atoms with van der Waals surface area (Å²) in [6, 6.07) is 4.87. The second-order valence-corrected chi connectivity index (χ2v) is 5.22. The van der Waals surface area contributed by atoms with Gasteiger partial charge in [-0.3, -0.25) is 4.98 Å². The molecule has 0 amide bonds. The Morgan fingerprint density at radius 3 is 2.71 bits per heavy atom. The fourth-order valence-electron chi connectivity index (χ4n) is 2.24. The van der Waals surface area contributed by atoms with Crippen LogP contribution >= 0.6 is 0 Å². The molecule has 0 saturated heterocycles. The van der Waals surface area contributed by atoms with Crippen LogP contribution in [0.2, 0.25) is 0 Å². The van der Waals surface area contributed by atoms with E-state index in [0.29, 0.717) is 22.2 Å². The van der Waals surface area contributed by atoms with Gasteiger partial charge in [0.05, 0.1) is 36.6 Å². The quantitative estimate of drug-likeness (QED) is 0.781. The first kappa shape index (κ1) is 17.7. The minimum atomic E-state index is -0.618. The number of fused-ring (bicyclic) bond motifs is 1. The lowest BCUT2D eigenvalue weighted by molar-refractivity contribution is 0.0526. The Morgan fingerprint density at radius 2 is 2.08 bits per heavy atom. The van der Waals surface area contributed by atoms with Gasteiger partial charge in [0.15, 0.2) is 0 Å². The summed E-state index contributed by atoms with van der Waals surface area (Å²) >= 11 is 0. The number of anilines is 1. The van der Waals surface area contributed by atoms with Gasteiger partial charge in [-0.15, -0.1) is 0 Å². The third-order valence-corrected chi connectivity index (χ3v) is 3.36. The van der Waals surface area contributed by atoms with E-state index in [1.165, 1.54) is 13.3 Å². The van der Waals surface area contributed by atoms with E-state index in [9.17, 15) is 14.7 Å². The maximum atomic E-state index is 12.2. The van der Waals surface area contributed by atoms with Crippen molar-refractivity contribution in [1.29, 1.82) is 0 Å². The van der Waals surface area contributed by atoms with Crippen molar-refractivity contribution in [3.8, 4) is 0 Å². The van der Waals surface area contributed by atoms with Gasteiger partial charge in [-0.05, 0) is 32.0 Å². The lowest BCUT2D eigenvalue weighted by Crippen LogP contribution is -2.18. The van der Waals surface area contributed by atoms with Crippen molar-refractivity contribution in [3.05, 3.63) is 35.5 Å². The molecule has 1 aromatic heterocycles. The lowest BCUT2D eigenvalue weighted by atomic mass is 10.1. The van der Waals surface area contributed by atoms with Crippen LogP contribution in [0.1, 0.15) is 34.6 Å². The van der Waals surface area contributed by atoms with E-state index in [2.05, 4.69) is 10.3 Å². The van der Waals surface area contributed by atoms with Gasteiger partial charge in [0, 0.05) is 18.1 Å². The number of nitrogens with one attached hydrogen (secondary N) is 1. The molecule has 1 heterocycles. The Balaban J connectivity index is 2.61. The zero-order chi connectivity index (χ0) is 17.7. The Labute approximate surface area is 139 Å². The first-order valence-corrected chi connectivity index (χ1v) is 7.58. The topological polar surface area (TPSA) is 97.8 Å². The zero-order valence-electron chi connectivity index (χ0n) is 13.8. The van der Waals surface area contributed by atoms with Crippen LogP contribution in [0.25, 0.3) is 10.9 Å². The zero-order valence-corrected chi connectivity index (χ0v) is 13.8. The summed E-state index contributed by atoms with van der Waals surface area (Å²) in [5, 5.41) is 13.1. The summed E-state index contributed by atoms with van der Waals surface area (Å²) in [5.74, 6) is -1.01. The molecule has 0 unspecified atom stereocenters. The van der Waals surface area contributed by atoms with Crippen LogP contribution in [0, 0.1) is 0 Å². The van der Waals surface area contributed by atoms with Gasteiger partial charge < -0.3 is 19.9 Å². The molecule has 24 heavy (non-hydrogen) atoms. The summed E-state index contributed by atoms with van der Waals surface area (Å²) in [6.45, 7) is 3.80. The van der Waals surface area contributed by atoms with Crippen molar-refractivity contribution < 1.29 is 24.2 Å². The number of carbonyl (C=O) groups is 2. The van der Waals surface area contributed by atoms with E-state index in [4.69, 9.17) is 9.47 Å². The molecule has 0 radical (unpaired) electrons. The predicted molar refractivity (Wildman–Crippen MR) is 89.2 cm³/mol. The minimum Gasteiger partial charge on any atom is -0.465 e. The molecular weight excluding hydrogens is 312 g/mol. The fourth-order valence-corrected chi connectivity index (χ4v) is 2.24. The average molecular weight is 332 g/mol. The molecule has 128 valence electrons. The van der Waals surface area contributed by atoms with Crippen LogP contribution < -0.4 is 5.32 Å². The Morgan fingerprint density at radius 1 is 1.33 bits per heavy atom. The molecule has 0 aliphatic heterocycles. The van der Waals surface area contributed by atoms with Gasteiger partial charge in [-0.1, -0.05) is 0 Å². The summed E-state index contributed by atoms with van der Waals surface area (Å²) in [5.41, 5.74) is 1.65. The van der Waals surface area contributed by atoms with Gasteiger partial charge in [-0.2, -0.15) is 0 Å². The number of esters is 2. The van der Waals surface area contributed by atoms with Crippen LogP contribution in [0.3, 0.4) is 0 Å². The molecule has 1 atom stereocenters. The number of benzene rings is 1. The predicted octanol–water partition coefficient (Wildman–Crippen LogP) is 1.99. The number of aliphatic hydroxyl groups excluding tert-OH is 1. The third kappa shape index (κ3) is 3.80. The molecule has 0 fully saturated rings. The van der Waals surface area contributed by atoms with E-state index in [-0.39, 0.29) is 18.7 Å². The molecule has 2 rings (SSSR count). The molecular formula is C17H20N2O5. The number of pyridine rings is 1. The number of hydrogen-bond donors (Lipinski definition) is 2. The number of methoxy groups -OCH3 is 1. The van der Waals surface area contributed by atoms with Crippen LogP contribution in [0.15, 0.2) is 24.4 Å². The van der Waals surface area contributed by atoms with E-state index in [1.54, 1.807) is 32.0 Å². The summed E-state index contributed by atoms with van der Waals surface area (Å²) < 4.78 is 9.78. The normalized spacial score (nSPS) is 11.8. The number of aromatic nitrogens is 1. The second-order valence-electron chi connectivity index (χ2n) is 5.22. The molecule has 7 heteroatoms. The van der Waals surface area contributed by atoms with Crippen LogP contribution in [0.5, 0.6) is 0 Å². The Bertz CT molecular complexity index is 758. The summed E-state index contributed by atoms with van der Waals surface area (Å²) in [4.78, 5) is 28.2. The highest BCUT2D eigenvalue weighted by molar-refractivity contribution is 6.06. The minimum absolute atomic E-state index is 0.230. The van der Waals surface area contributed by atoms with Gasteiger partial charge in [0.2, 0.25) is 0 Å². The Hall–Kier alpha value is -2.67. The highest BCUT2D eigenvalue weighted by Crippen LogP contribution is 2.28. The first-order chi connectivity index (χ1) is 11.5. The van der Waals surface area contributed by atoms with Crippen molar-refractivity contribution in [2.24, 2.45) is 0 Å². The Kier molecular flexibility index (Phi) is 5.70. The number of ether oxygens (including phenoxy) is 2. The maximum absolute atomic E-state index is 12.2.